The van der Waals surface area contributed by atoms with Crippen molar-refractivity contribution in [2.75, 3.05) is 5.73 Å². The van der Waals surface area contributed by atoms with Crippen molar-refractivity contribution in [1.82, 2.24) is 15.0 Å². The number of nitrogens with zero attached hydrogens (tertiary/aromatic N) is 3. The van der Waals surface area contributed by atoms with Crippen LogP contribution >= 0.6 is 15.9 Å². The number of hydrogen-bond acceptors (Lipinski definition) is 4. The maximum Gasteiger partial charge on any atom is 0.180 e. The highest BCUT2D eigenvalue weighted by Gasteiger charge is 2.09. The van der Waals surface area contributed by atoms with E-state index < -0.39 is 5.82 Å². The number of pyridine rings is 1. The second-order valence-corrected chi connectivity index (χ2v) is 3.99. The van der Waals surface area contributed by atoms with Gasteiger partial charge in [-0.2, -0.15) is 0 Å². The van der Waals surface area contributed by atoms with Gasteiger partial charge in [0.1, 0.15) is 17.3 Å². The first-order chi connectivity index (χ1) is 7.58. The summed E-state index contributed by atoms with van der Waals surface area (Å²) in [5.74, 6) is 0.331. The summed E-state index contributed by atoms with van der Waals surface area (Å²) in [5, 5.41) is 0. The Labute approximate surface area is 99.9 Å². The van der Waals surface area contributed by atoms with E-state index in [0.29, 0.717) is 27.5 Å². The molecule has 0 atom stereocenters. The molecule has 4 nitrogen and oxygen atoms in total. The first-order valence-electron chi connectivity index (χ1n) is 4.49. The maximum atomic E-state index is 12.7. The van der Waals surface area contributed by atoms with E-state index >= 15 is 0 Å². The van der Waals surface area contributed by atoms with Gasteiger partial charge in [-0.25, -0.2) is 19.3 Å². The van der Waals surface area contributed by atoms with Gasteiger partial charge in [-0.3, -0.25) is 0 Å². The number of hydrogen-bond donors (Lipinski definition) is 1. The second kappa shape index (κ2) is 4.13. The quantitative estimate of drug-likeness (QED) is 0.872. The Bertz CT molecular complexity index is 504. The molecule has 2 aromatic heterocycles. The topological polar surface area (TPSA) is 64.7 Å². The summed E-state index contributed by atoms with van der Waals surface area (Å²) in [7, 11) is 0. The van der Waals surface area contributed by atoms with Gasteiger partial charge >= 0.3 is 0 Å². The highest BCUT2D eigenvalue weighted by Crippen LogP contribution is 2.23. The van der Waals surface area contributed by atoms with Crippen LogP contribution in [0.2, 0.25) is 0 Å². The lowest BCUT2D eigenvalue weighted by atomic mass is 10.3. The molecule has 0 aliphatic carbocycles. The van der Waals surface area contributed by atoms with Crippen LogP contribution < -0.4 is 5.73 Å². The lowest BCUT2D eigenvalue weighted by Gasteiger charge is -2.04. The highest BCUT2D eigenvalue weighted by molar-refractivity contribution is 9.10. The van der Waals surface area contributed by atoms with Crippen molar-refractivity contribution in [2.45, 2.75) is 6.92 Å². The van der Waals surface area contributed by atoms with Crippen LogP contribution in [0.4, 0.5) is 10.2 Å². The number of nitrogen functional groups attached to an aromatic ring is 1. The third-order valence-electron chi connectivity index (χ3n) is 2.00. The SMILES string of the molecule is Cc1nc(-c2ccc(F)cn2)nc(N)c1Br. The molecular formula is C10H8BrFN4. The molecule has 0 radical (unpaired) electrons. The molecule has 2 N–H and O–H groups in total. The summed E-state index contributed by atoms with van der Waals surface area (Å²) in [6, 6.07) is 2.82. The molecule has 0 amide bonds. The van der Waals surface area contributed by atoms with Crippen molar-refractivity contribution in [3.63, 3.8) is 0 Å². The van der Waals surface area contributed by atoms with Crippen LogP contribution in [0.5, 0.6) is 0 Å². The van der Waals surface area contributed by atoms with Crippen molar-refractivity contribution in [1.29, 1.82) is 0 Å². The molecule has 6 heteroatoms. The van der Waals surface area contributed by atoms with Crippen molar-refractivity contribution in [3.8, 4) is 11.5 Å². The lowest BCUT2D eigenvalue weighted by Crippen LogP contribution is -2.01. The average molecular weight is 283 g/mol. The number of nitrogens with two attached hydrogens (primary N) is 1. The van der Waals surface area contributed by atoms with Crippen molar-refractivity contribution >= 4 is 21.7 Å². The molecule has 0 unspecified atom stereocenters. The Morgan fingerprint density at radius 1 is 1.31 bits per heavy atom. The van der Waals surface area contributed by atoms with Gasteiger partial charge in [-0.05, 0) is 35.0 Å². The fourth-order valence-electron chi connectivity index (χ4n) is 1.20. The predicted molar refractivity (Wildman–Crippen MR) is 62.1 cm³/mol. The monoisotopic (exact) mass is 282 g/mol. The number of aryl methyl sites for hydroxylation is 1. The summed E-state index contributed by atoms with van der Waals surface area (Å²) >= 11 is 3.27. The van der Waals surface area contributed by atoms with Gasteiger partial charge in [-0.1, -0.05) is 0 Å². The number of aromatic nitrogens is 3. The van der Waals surface area contributed by atoms with E-state index in [1.807, 2.05) is 0 Å². The zero-order valence-electron chi connectivity index (χ0n) is 8.41. The highest BCUT2D eigenvalue weighted by atomic mass is 79.9. The Morgan fingerprint density at radius 2 is 2.06 bits per heavy atom. The maximum absolute atomic E-state index is 12.7. The fourth-order valence-corrected chi connectivity index (χ4v) is 1.38. The van der Waals surface area contributed by atoms with Crippen LogP contribution in [0.3, 0.4) is 0 Å². The Hall–Kier alpha value is -1.56. The molecule has 0 aromatic carbocycles. The first kappa shape index (κ1) is 10.9. The summed E-state index contributed by atoms with van der Waals surface area (Å²) in [4.78, 5) is 12.2. The summed E-state index contributed by atoms with van der Waals surface area (Å²) in [5.41, 5.74) is 6.89. The van der Waals surface area contributed by atoms with Gasteiger partial charge in [0.05, 0.1) is 16.4 Å². The van der Waals surface area contributed by atoms with Crippen LogP contribution in [0.15, 0.2) is 22.8 Å². The van der Waals surface area contributed by atoms with Crippen LogP contribution in [-0.2, 0) is 0 Å². The second-order valence-electron chi connectivity index (χ2n) is 3.19. The molecule has 0 aliphatic rings. The Kier molecular flexibility index (Phi) is 2.82. The van der Waals surface area contributed by atoms with Crippen LogP contribution in [-0.4, -0.2) is 15.0 Å². The predicted octanol–water partition coefficient (Wildman–Crippen LogP) is 2.33. The lowest BCUT2D eigenvalue weighted by molar-refractivity contribution is 0.621. The normalized spacial score (nSPS) is 10.4. The van der Waals surface area contributed by atoms with E-state index in [4.69, 9.17) is 5.73 Å². The minimum atomic E-state index is -0.398. The van der Waals surface area contributed by atoms with Crippen LogP contribution in [0.1, 0.15) is 5.69 Å². The molecule has 0 fully saturated rings. The van der Waals surface area contributed by atoms with Crippen molar-refractivity contribution < 1.29 is 4.39 Å². The third-order valence-corrected chi connectivity index (χ3v) is 2.98. The van der Waals surface area contributed by atoms with Gasteiger partial charge < -0.3 is 5.73 Å². The number of rotatable bonds is 1. The van der Waals surface area contributed by atoms with E-state index in [2.05, 4.69) is 30.9 Å². The van der Waals surface area contributed by atoms with Gasteiger partial charge in [0.15, 0.2) is 5.82 Å². The summed E-state index contributed by atoms with van der Waals surface area (Å²) in [6.45, 7) is 1.80. The molecule has 0 aliphatic heterocycles. The van der Waals surface area contributed by atoms with E-state index in [1.165, 1.54) is 12.1 Å². The third kappa shape index (κ3) is 2.01. The summed E-state index contributed by atoms with van der Waals surface area (Å²) < 4.78 is 13.4. The first-order valence-corrected chi connectivity index (χ1v) is 5.29. The van der Waals surface area contributed by atoms with Gasteiger partial charge in [0.2, 0.25) is 0 Å². The molecule has 82 valence electrons. The van der Waals surface area contributed by atoms with Crippen molar-refractivity contribution in [2.24, 2.45) is 0 Å². The van der Waals surface area contributed by atoms with E-state index in [9.17, 15) is 4.39 Å². The van der Waals surface area contributed by atoms with Gasteiger partial charge in [0, 0.05) is 0 Å². The number of halogens is 2. The molecular weight excluding hydrogens is 275 g/mol. The zero-order chi connectivity index (χ0) is 11.7. The molecule has 2 aromatic rings. The van der Waals surface area contributed by atoms with Crippen molar-refractivity contribution in [3.05, 3.63) is 34.3 Å². The van der Waals surface area contributed by atoms with Crippen LogP contribution in [0, 0.1) is 12.7 Å². The molecule has 2 rings (SSSR count). The van der Waals surface area contributed by atoms with E-state index in [1.54, 1.807) is 6.92 Å². The molecule has 2 heterocycles. The smallest absolute Gasteiger partial charge is 0.180 e. The molecule has 0 saturated carbocycles. The minimum absolute atomic E-state index is 0.341. The average Bonchev–Trinajstić information content (AvgIpc) is 2.26. The Balaban J connectivity index is 2.52. The fraction of sp³-hybridized carbons (Fsp3) is 0.100. The minimum Gasteiger partial charge on any atom is -0.383 e. The number of anilines is 1. The zero-order valence-corrected chi connectivity index (χ0v) is 9.99. The summed E-state index contributed by atoms with van der Waals surface area (Å²) in [6.07, 6.45) is 1.12. The van der Waals surface area contributed by atoms with E-state index in [0.717, 1.165) is 6.20 Å². The van der Waals surface area contributed by atoms with Gasteiger partial charge in [0.25, 0.3) is 0 Å². The molecule has 16 heavy (non-hydrogen) atoms. The largest absolute Gasteiger partial charge is 0.383 e. The molecule has 0 spiro atoms. The standard InChI is InChI=1S/C10H8BrFN4/c1-5-8(11)9(13)16-10(15-5)7-3-2-6(12)4-14-7/h2-4H,1H3,(H2,13,15,16). The van der Waals surface area contributed by atoms with Gasteiger partial charge in [-0.15, -0.1) is 0 Å². The Morgan fingerprint density at radius 3 is 2.62 bits per heavy atom. The van der Waals surface area contributed by atoms with Crippen LogP contribution in [0.25, 0.3) is 11.5 Å². The molecule has 0 bridgehead atoms. The molecule has 0 saturated heterocycles. The van der Waals surface area contributed by atoms with E-state index in [-0.39, 0.29) is 0 Å².